The van der Waals surface area contributed by atoms with Gasteiger partial charge in [0.05, 0.1) is 5.56 Å². The average molecular weight is 473 g/mol. The highest BCUT2D eigenvalue weighted by atomic mass is 35.5. The number of amides is 1. The molecule has 0 radical (unpaired) electrons. The summed E-state index contributed by atoms with van der Waals surface area (Å²) < 4.78 is 6.17. The molecule has 0 saturated heterocycles. The summed E-state index contributed by atoms with van der Waals surface area (Å²) in [4.78, 5) is 37.5. The quantitative estimate of drug-likeness (QED) is 0.370. The molecule has 1 heterocycles. The predicted octanol–water partition coefficient (Wildman–Crippen LogP) is 2.65. The molecule has 1 aliphatic rings. The standard InChI is InChI=1S/C23H21ClN2O7/c24-16-6-9-23(10-7-16,33-17-3-1-15(2-4-17)22(31)32)8-5-14-11-18(27)20(25-12-14)21(30)26-13-19(28)29/h1-4,11-12,16,27H,6-7,9-10,13H2,(H,26,30)(H,28,29)(H,31,32). The minimum atomic E-state index is -1.22. The Hall–Kier alpha value is -3.77. The van der Waals surface area contributed by atoms with Gasteiger partial charge in [0.15, 0.2) is 11.3 Å². The topological polar surface area (TPSA) is 146 Å². The first-order valence-electron chi connectivity index (χ1n) is 10.1. The number of hydrogen-bond acceptors (Lipinski definition) is 6. The summed E-state index contributed by atoms with van der Waals surface area (Å²) in [5.74, 6) is 2.97. The first-order valence-corrected chi connectivity index (χ1v) is 10.5. The molecule has 33 heavy (non-hydrogen) atoms. The maximum absolute atomic E-state index is 11.9. The number of carboxylic acids is 2. The molecule has 1 fully saturated rings. The first kappa shape index (κ1) is 23.9. The fraction of sp³-hybridized carbons (Fsp3) is 0.304. The van der Waals surface area contributed by atoms with Gasteiger partial charge in [0.25, 0.3) is 5.91 Å². The number of halogens is 1. The molecular weight excluding hydrogens is 452 g/mol. The molecule has 3 rings (SSSR count). The van der Waals surface area contributed by atoms with Crippen molar-refractivity contribution in [3.63, 3.8) is 0 Å². The van der Waals surface area contributed by atoms with Gasteiger partial charge in [-0.3, -0.25) is 9.59 Å². The highest BCUT2D eigenvalue weighted by Gasteiger charge is 2.35. The van der Waals surface area contributed by atoms with E-state index in [1.165, 1.54) is 24.4 Å². The molecule has 0 bridgehead atoms. The molecule has 0 aliphatic heterocycles. The van der Waals surface area contributed by atoms with Crippen LogP contribution in [0.15, 0.2) is 36.5 Å². The molecule has 2 aromatic rings. The van der Waals surface area contributed by atoms with Crippen molar-refractivity contribution in [2.45, 2.75) is 36.7 Å². The lowest BCUT2D eigenvalue weighted by molar-refractivity contribution is -0.135. The molecule has 1 aromatic heterocycles. The van der Waals surface area contributed by atoms with Crippen molar-refractivity contribution in [2.24, 2.45) is 0 Å². The number of aromatic hydroxyl groups is 1. The second kappa shape index (κ2) is 10.2. The van der Waals surface area contributed by atoms with E-state index in [0.29, 0.717) is 37.0 Å². The molecular formula is C23H21ClN2O7. The van der Waals surface area contributed by atoms with Gasteiger partial charge in [0.2, 0.25) is 0 Å². The van der Waals surface area contributed by atoms with Gasteiger partial charge in [0, 0.05) is 30.0 Å². The maximum atomic E-state index is 11.9. The van der Waals surface area contributed by atoms with Crippen LogP contribution in [0.3, 0.4) is 0 Å². The third kappa shape index (κ3) is 6.37. The van der Waals surface area contributed by atoms with Crippen molar-refractivity contribution >= 4 is 29.4 Å². The number of carbonyl (C=O) groups is 3. The number of nitrogens with zero attached hydrogens (tertiary/aromatic N) is 1. The third-order valence-electron chi connectivity index (χ3n) is 5.05. The zero-order valence-corrected chi connectivity index (χ0v) is 18.1. The smallest absolute Gasteiger partial charge is 0.335 e. The van der Waals surface area contributed by atoms with E-state index in [2.05, 4.69) is 22.1 Å². The zero-order chi connectivity index (χ0) is 24.0. The molecule has 0 unspecified atom stereocenters. The Labute approximate surface area is 194 Å². The van der Waals surface area contributed by atoms with Crippen LogP contribution < -0.4 is 10.1 Å². The van der Waals surface area contributed by atoms with Crippen LogP contribution in [0.1, 0.15) is 52.1 Å². The molecule has 172 valence electrons. The van der Waals surface area contributed by atoms with Gasteiger partial charge >= 0.3 is 11.9 Å². The molecule has 1 aliphatic carbocycles. The van der Waals surface area contributed by atoms with E-state index in [0.717, 1.165) is 0 Å². The summed E-state index contributed by atoms with van der Waals surface area (Å²) in [6.45, 7) is -0.601. The molecule has 1 aromatic carbocycles. The number of benzene rings is 1. The summed E-state index contributed by atoms with van der Waals surface area (Å²) in [6.07, 6.45) is 3.74. The number of aromatic nitrogens is 1. The normalized spacial score (nSPS) is 19.6. The molecule has 1 saturated carbocycles. The van der Waals surface area contributed by atoms with E-state index < -0.39 is 35.7 Å². The van der Waals surface area contributed by atoms with Gasteiger partial charge in [-0.25, -0.2) is 9.78 Å². The van der Waals surface area contributed by atoms with E-state index >= 15 is 0 Å². The second-order valence-electron chi connectivity index (χ2n) is 7.52. The summed E-state index contributed by atoms with van der Waals surface area (Å²) in [5.41, 5.74) is -0.710. The van der Waals surface area contributed by atoms with Gasteiger partial charge in [-0.2, -0.15) is 0 Å². The van der Waals surface area contributed by atoms with Crippen LogP contribution in [0.5, 0.6) is 11.5 Å². The lowest BCUT2D eigenvalue weighted by Crippen LogP contribution is -2.39. The fourth-order valence-corrected chi connectivity index (χ4v) is 3.53. The van der Waals surface area contributed by atoms with E-state index in [1.807, 2.05) is 0 Å². The maximum Gasteiger partial charge on any atom is 0.335 e. The van der Waals surface area contributed by atoms with Crippen molar-refractivity contribution in [1.82, 2.24) is 10.3 Å². The summed E-state index contributed by atoms with van der Waals surface area (Å²) in [7, 11) is 0. The molecule has 9 nitrogen and oxygen atoms in total. The van der Waals surface area contributed by atoms with Crippen LogP contribution in [0.25, 0.3) is 0 Å². The number of hydrogen-bond donors (Lipinski definition) is 4. The SMILES string of the molecule is O=C(O)CNC(=O)c1ncc(C#CC2(Oc3ccc(C(=O)O)cc3)CCC(Cl)CC2)cc1O. The summed E-state index contributed by atoms with van der Waals surface area (Å²) >= 11 is 6.25. The van der Waals surface area contributed by atoms with Gasteiger partial charge in [-0.05, 0) is 49.1 Å². The molecule has 10 heteroatoms. The minimum Gasteiger partial charge on any atom is -0.505 e. The number of carboxylic acid groups (broad SMARTS) is 2. The van der Waals surface area contributed by atoms with Gasteiger partial charge in [-0.15, -0.1) is 11.6 Å². The molecule has 0 atom stereocenters. The third-order valence-corrected chi connectivity index (χ3v) is 5.49. The number of aromatic carboxylic acids is 1. The van der Waals surface area contributed by atoms with Gasteiger partial charge < -0.3 is 25.4 Å². The second-order valence-corrected chi connectivity index (χ2v) is 8.14. The Bertz CT molecular complexity index is 1110. The van der Waals surface area contributed by atoms with E-state index in [9.17, 15) is 19.5 Å². The molecule has 4 N–H and O–H groups in total. The number of rotatable bonds is 6. The van der Waals surface area contributed by atoms with Crippen LogP contribution >= 0.6 is 11.6 Å². The van der Waals surface area contributed by atoms with Crippen molar-refractivity contribution in [3.8, 4) is 23.3 Å². The fourth-order valence-electron chi connectivity index (χ4n) is 3.31. The highest BCUT2D eigenvalue weighted by Crippen LogP contribution is 2.35. The van der Waals surface area contributed by atoms with E-state index in [-0.39, 0.29) is 16.6 Å². The lowest BCUT2D eigenvalue weighted by Gasteiger charge is -2.35. The number of ether oxygens (including phenoxy) is 1. The van der Waals surface area contributed by atoms with Crippen molar-refractivity contribution in [1.29, 1.82) is 0 Å². The Kier molecular flexibility index (Phi) is 7.41. The molecule has 0 spiro atoms. The summed E-state index contributed by atoms with van der Waals surface area (Å²) in [5, 5.41) is 30.0. The highest BCUT2D eigenvalue weighted by molar-refractivity contribution is 6.20. The Morgan fingerprint density at radius 2 is 1.85 bits per heavy atom. The Balaban J connectivity index is 1.82. The van der Waals surface area contributed by atoms with Crippen LogP contribution in [-0.2, 0) is 4.79 Å². The number of carbonyl (C=O) groups excluding carboxylic acids is 1. The summed E-state index contributed by atoms with van der Waals surface area (Å²) in [6, 6.07) is 7.29. The number of alkyl halides is 1. The van der Waals surface area contributed by atoms with E-state index in [1.54, 1.807) is 12.1 Å². The first-order chi connectivity index (χ1) is 15.7. The Morgan fingerprint density at radius 3 is 2.42 bits per heavy atom. The monoisotopic (exact) mass is 472 g/mol. The van der Waals surface area contributed by atoms with Gasteiger partial charge in [-0.1, -0.05) is 5.92 Å². The largest absolute Gasteiger partial charge is 0.505 e. The molecule has 1 amide bonds. The van der Waals surface area contributed by atoms with Crippen LogP contribution in [0.2, 0.25) is 0 Å². The Morgan fingerprint density at radius 1 is 1.18 bits per heavy atom. The lowest BCUT2D eigenvalue weighted by atomic mass is 9.84. The minimum absolute atomic E-state index is 0.00669. The van der Waals surface area contributed by atoms with Crippen LogP contribution in [0.4, 0.5) is 0 Å². The number of nitrogens with one attached hydrogen (secondary N) is 1. The van der Waals surface area contributed by atoms with Crippen molar-refractivity contribution in [2.75, 3.05) is 6.54 Å². The van der Waals surface area contributed by atoms with Crippen LogP contribution in [0, 0.1) is 11.8 Å². The number of aliphatic carboxylic acids is 1. The number of pyridine rings is 1. The average Bonchev–Trinajstić information content (AvgIpc) is 2.78. The van der Waals surface area contributed by atoms with Crippen molar-refractivity contribution < 1.29 is 34.4 Å². The van der Waals surface area contributed by atoms with E-state index in [4.69, 9.17) is 26.6 Å². The van der Waals surface area contributed by atoms with Crippen molar-refractivity contribution in [3.05, 3.63) is 53.3 Å². The van der Waals surface area contributed by atoms with Gasteiger partial charge in [0.1, 0.15) is 18.0 Å². The zero-order valence-electron chi connectivity index (χ0n) is 17.4. The van der Waals surface area contributed by atoms with Crippen LogP contribution in [-0.4, -0.2) is 55.7 Å². The predicted molar refractivity (Wildman–Crippen MR) is 118 cm³/mol.